The minimum Gasteiger partial charge on any atom is -0.315 e. The Morgan fingerprint density at radius 2 is 1.83 bits per heavy atom. The number of allylic oxidation sites excluding steroid dienone is 2. The molecule has 0 fully saturated rings. The second kappa shape index (κ2) is 4.81. The number of hydrogen-bond acceptors (Lipinski definition) is 1. The van der Waals surface area contributed by atoms with Crippen LogP contribution < -0.4 is 0 Å². The van der Waals surface area contributed by atoms with Gasteiger partial charge in [0.1, 0.15) is 0 Å². The molecule has 0 bridgehead atoms. The summed E-state index contributed by atoms with van der Waals surface area (Å²) in [5.74, 6) is 0.155. The van der Waals surface area contributed by atoms with Gasteiger partial charge in [-0.2, -0.15) is 0 Å². The summed E-state index contributed by atoms with van der Waals surface area (Å²) in [7, 11) is 0. The Kier molecular flexibility index (Phi) is 3.37. The Balaban J connectivity index is 2.11. The Labute approximate surface area is 109 Å². The van der Waals surface area contributed by atoms with Crippen molar-refractivity contribution in [3.63, 3.8) is 0 Å². The third-order valence-corrected chi connectivity index (χ3v) is 2.95. The highest BCUT2D eigenvalue weighted by atomic mass is 16.2. The van der Waals surface area contributed by atoms with Gasteiger partial charge in [-0.3, -0.25) is 4.79 Å². The van der Waals surface area contributed by atoms with Crippen molar-refractivity contribution >= 4 is 11.5 Å². The molecule has 0 radical (unpaired) electrons. The molecule has 18 heavy (non-hydrogen) atoms. The first-order chi connectivity index (χ1) is 8.48. The van der Waals surface area contributed by atoms with Crippen LogP contribution in [0, 0.1) is 5.41 Å². The van der Waals surface area contributed by atoms with Crippen LogP contribution in [-0.4, -0.2) is 17.4 Å². The maximum absolute atomic E-state index is 12.1. The summed E-state index contributed by atoms with van der Waals surface area (Å²) in [6.45, 7) is 6.48. The van der Waals surface area contributed by atoms with Crippen molar-refractivity contribution in [3.8, 4) is 0 Å². The molecule has 1 aliphatic heterocycles. The third kappa shape index (κ3) is 2.70. The predicted octanol–water partition coefficient (Wildman–Crippen LogP) is 3.47. The predicted molar refractivity (Wildman–Crippen MR) is 74.7 cm³/mol. The van der Waals surface area contributed by atoms with Crippen LogP contribution in [0.2, 0.25) is 0 Å². The zero-order valence-electron chi connectivity index (χ0n) is 11.2. The number of amides is 1. The second-order valence-corrected chi connectivity index (χ2v) is 5.55. The summed E-state index contributed by atoms with van der Waals surface area (Å²) in [5.41, 5.74) is 2.03. The van der Waals surface area contributed by atoms with E-state index >= 15 is 0 Å². The molecule has 94 valence electrons. The van der Waals surface area contributed by atoms with Crippen LogP contribution in [0.1, 0.15) is 26.3 Å². The van der Waals surface area contributed by atoms with Gasteiger partial charge in [0.2, 0.25) is 5.91 Å². The summed E-state index contributed by atoms with van der Waals surface area (Å²) in [6.07, 6.45) is 5.98. The zero-order valence-corrected chi connectivity index (χ0v) is 11.2. The average Bonchev–Trinajstić information content (AvgIpc) is 2.38. The molecular formula is C16H19NO. The van der Waals surface area contributed by atoms with Crippen LogP contribution in [0.15, 0.2) is 48.7 Å². The van der Waals surface area contributed by atoms with Crippen molar-refractivity contribution in [3.05, 3.63) is 54.2 Å². The van der Waals surface area contributed by atoms with E-state index in [1.54, 1.807) is 4.90 Å². The molecule has 0 unspecified atom stereocenters. The molecule has 2 rings (SSSR count). The molecule has 0 spiro atoms. The molecule has 0 saturated carbocycles. The molecule has 0 N–H and O–H groups in total. The van der Waals surface area contributed by atoms with E-state index in [1.165, 1.54) is 11.1 Å². The lowest BCUT2D eigenvalue weighted by Gasteiger charge is -2.28. The molecule has 0 aliphatic carbocycles. The van der Waals surface area contributed by atoms with E-state index < -0.39 is 0 Å². The molecule has 0 atom stereocenters. The van der Waals surface area contributed by atoms with Gasteiger partial charge in [-0.25, -0.2) is 0 Å². The number of rotatable bonds is 1. The van der Waals surface area contributed by atoms with Crippen LogP contribution in [0.5, 0.6) is 0 Å². The van der Waals surface area contributed by atoms with Crippen molar-refractivity contribution in [2.45, 2.75) is 20.8 Å². The highest BCUT2D eigenvalue weighted by molar-refractivity contribution is 5.85. The smallest absolute Gasteiger partial charge is 0.232 e. The monoisotopic (exact) mass is 241 g/mol. The topological polar surface area (TPSA) is 20.3 Å². The summed E-state index contributed by atoms with van der Waals surface area (Å²) in [4.78, 5) is 13.9. The van der Waals surface area contributed by atoms with Gasteiger partial charge >= 0.3 is 0 Å². The van der Waals surface area contributed by atoms with Crippen LogP contribution in [0.3, 0.4) is 0 Å². The van der Waals surface area contributed by atoms with Gasteiger partial charge < -0.3 is 4.90 Å². The minimum absolute atomic E-state index is 0.155. The van der Waals surface area contributed by atoms with Crippen LogP contribution >= 0.6 is 0 Å². The first kappa shape index (κ1) is 12.6. The number of nitrogens with zero attached hydrogens (tertiary/aromatic N) is 1. The molecule has 1 aromatic carbocycles. The molecule has 1 amide bonds. The van der Waals surface area contributed by atoms with Gasteiger partial charge in [0, 0.05) is 18.2 Å². The van der Waals surface area contributed by atoms with E-state index in [1.807, 2.05) is 51.2 Å². The standard InChI is InChI=1S/C16H19NO/c1-16(2,3)15(18)17-11-9-14(10-12-17)13-7-5-4-6-8-13/h4-11H,12H2,1-3H3. The Hall–Kier alpha value is -1.83. The lowest BCUT2D eigenvalue weighted by molar-refractivity contribution is -0.136. The van der Waals surface area contributed by atoms with Crippen molar-refractivity contribution in [1.82, 2.24) is 4.90 Å². The molecular weight excluding hydrogens is 222 g/mol. The number of carbonyl (C=O) groups is 1. The van der Waals surface area contributed by atoms with Gasteiger partial charge in [-0.1, -0.05) is 57.2 Å². The van der Waals surface area contributed by atoms with Crippen molar-refractivity contribution in [2.24, 2.45) is 5.41 Å². The summed E-state index contributed by atoms with van der Waals surface area (Å²) in [5, 5.41) is 0. The Morgan fingerprint density at radius 1 is 1.17 bits per heavy atom. The molecule has 2 nitrogen and oxygen atoms in total. The zero-order chi connectivity index (χ0) is 13.2. The fourth-order valence-corrected chi connectivity index (χ4v) is 1.92. The quantitative estimate of drug-likeness (QED) is 0.737. The second-order valence-electron chi connectivity index (χ2n) is 5.55. The number of hydrogen-bond donors (Lipinski definition) is 0. The fourth-order valence-electron chi connectivity index (χ4n) is 1.92. The average molecular weight is 241 g/mol. The van der Waals surface area contributed by atoms with Crippen molar-refractivity contribution in [2.75, 3.05) is 6.54 Å². The Morgan fingerprint density at radius 3 is 2.33 bits per heavy atom. The van der Waals surface area contributed by atoms with E-state index in [4.69, 9.17) is 0 Å². The molecule has 2 heteroatoms. The third-order valence-electron chi connectivity index (χ3n) is 2.95. The molecule has 0 saturated heterocycles. The summed E-state index contributed by atoms with van der Waals surface area (Å²) >= 11 is 0. The normalized spacial score (nSPS) is 15.5. The lowest BCUT2D eigenvalue weighted by Crippen LogP contribution is -2.36. The van der Waals surface area contributed by atoms with Gasteiger partial charge in [-0.15, -0.1) is 0 Å². The SMILES string of the molecule is CC(C)(C)C(=O)N1C=CC(c2ccccc2)=CC1. The van der Waals surface area contributed by atoms with Gasteiger partial charge in [0.25, 0.3) is 0 Å². The number of carbonyl (C=O) groups excluding carboxylic acids is 1. The first-order valence-electron chi connectivity index (χ1n) is 6.23. The van der Waals surface area contributed by atoms with E-state index in [2.05, 4.69) is 18.2 Å². The molecule has 1 heterocycles. The molecule has 0 aromatic heterocycles. The summed E-state index contributed by atoms with van der Waals surface area (Å²) < 4.78 is 0. The van der Waals surface area contributed by atoms with Crippen LogP contribution in [-0.2, 0) is 4.79 Å². The summed E-state index contributed by atoms with van der Waals surface area (Å²) in [6, 6.07) is 10.2. The Bertz CT molecular complexity index is 492. The van der Waals surface area contributed by atoms with E-state index in [-0.39, 0.29) is 11.3 Å². The van der Waals surface area contributed by atoms with E-state index in [0.29, 0.717) is 6.54 Å². The number of benzene rings is 1. The largest absolute Gasteiger partial charge is 0.315 e. The first-order valence-corrected chi connectivity index (χ1v) is 6.23. The molecule has 1 aromatic rings. The highest BCUT2D eigenvalue weighted by Gasteiger charge is 2.26. The maximum atomic E-state index is 12.1. The van der Waals surface area contributed by atoms with E-state index in [0.717, 1.165) is 0 Å². The maximum Gasteiger partial charge on any atom is 0.232 e. The van der Waals surface area contributed by atoms with Crippen LogP contribution in [0.25, 0.3) is 5.57 Å². The van der Waals surface area contributed by atoms with Gasteiger partial charge in [0.15, 0.2) is 0 Å². The van der Waals surface area contributed by atoms with Crippen molar-refractivity contribution < 1.29 is 4.79 Å². The van der Waals surface area contributed by atoms with Crippen molar-refractivity contribution in [1.29, 1.82) is 0 Å². The van der Waals surface area contributed by atoms with E-state index in [9.17, 15) is 4.79 Å². The fraction of sp³-hybridized carbons (Fsp3) is 0.312. The van der Waals surface area contributed by atoms with Gasteiger partial charge in [-0.05, 0) is 17.2 Å². The highest BCUT2D eigenvalue weighted by Crippen LogP contribution is 2.23. The lowest BCUT2D eigenvalue weighted by atomic mass is 9.94. The van der Waals surface area contributed by atoms with Crippen LogP contribution in [0.4, 0.5) is 0 Å². The minimum atomic E-state index is -0.331. The van der Waals surface area contributed by atoms with Gasteiger partial charge in [0.05, 0.1) is 0 Å². The molecule has 1 aliphatic rings.